The highest BCUT2D eigenvalue weighted by atomic mass is 16.2. The van der Waals surface area contributed by atoms with Crippen molar-refractivity contribution in [1.82, 2.24) is 14.8 Å². The molecule has 5 heteroatoms. The lowest BCUT2D eigenvalue weighted by Crippen LogP contribution is -2.48. The van der Waals surface area contributed by atoms with Gasteiger partial charge in [0.2, 0.25) is 0 Å². The highest BCUT2D eigenvalue weighted by molar-refractivity contribution is 6.07. The minimum absolute atomic E-state index is 0.108. The van der Waals surface area contributed by atoms with Crippen LogP contribution in [0, 0.1) is 0 Å². The van der Waals surface area contributed by atoms with Gasteiger partial charge < -0.3 is 20.5 Å². The number of benzene rings is 1. The lowest BCUT2D eigenvalue weighted by molar-refractivity contribution is 0.0645. The molecule has 0 bridgehead atoms. The Kier molecular flexibility index (Phi) is 3.36. The SMILES string of the molecule is CCN1CCN(C(=O)c2c[nH]c3cc(N)ccc23)CC1. The van der Waals surface area contributed by atoms with Crippen molar-refractivity contribution in [3.05, 3.63) is 30.0 Å². The van der Waals surface area contributed by atoms with Gasteiger partial charge in [0.1, 0.15) is 0 Å². The third-order valence-corrected chi connectivity index (χ3v) is 4.04. The van der Waals surface area contributed by atoms with E-state index < -0.39 is 0 Å². The van der Waals surface area contributed by atoms with Gasteiger partial charge in [0.25, 0.3) is 5.91 Å². The molecule has 0 spiro atoms. The molecule has 1 aliphatic heterocycles. The number of nitrogen functional groups attached to an aromatic ring is 1. The van der Waals surface area contributed by atoms with E-state index in [4.69, 9.17) is 5.73 Å². The number of fused-ring (bicyclic) bond motifs is 1. The van der Waals surface area contributed by atoms with Crippen LogP contribution < -0.4 is 5.73 Å². The minimum Gasteiger partial charge on any atom is -0.399 e. The molecule has 2 aromatic rings. The first-order valence-electron chi connectivity index (χ1n) is 7.07. The summed E-state index contributed by atoms with van der Waals surface area (Å²) < 4.78 is 0. The van der Waals surface area contributed by atoms with Crippen molar-refractivity contribution in [3.8, 4) is 0 Å². The maximum Gasteiger partial charge on any atom is 0.256 e. The van der Waals surface area contributed by atoms with Crippen molar-refractivity contribution in [2.24, 2.45) is 0 Å². The van der Waals surface area contributed by atoms with E-state index >= 15 is 0 Å². The number of aromatic amines is 1. The summed E-state index contributed by atoms with van der Waals surface area (Å²) in [5, 5.41) is 0.946. The highest BCUT2D eigenvalue weighted by Crippen LogP contribution is 2.22. The van der Waals surface area contributed by atoms with Gasteiger partial charge in [-0.25, -0.2) is 0 Å². The number of piperazine rings is 1. The first-order valence-corrected chi connectivity index (χ1v) is 7.07. The van der Waals surface area contributed by atoms with E-state index in [2.05, 4.69) is 16.8 Å². The van der Waals surface area contributed by atoms with Crippen molar-refractivity contribution < 1.29 is 4.79 Å². The molecule has 0 unspecified atom stereocenters. The predicted molar refractivity (Wildman–Crippen MR) is 80.7 cm³/mol. The van der Waals surface area contributed by atoms with Crippen LogP contribution in [0.5, 0.6) is 0 Å². The van der Waals surface area contributed by atoms with Crippen LogP contribution in [0.3, 0.4) is 0 Å². The second-order valence-electron chi connectivity index (χ2n) is 5.23. The van der Waals surface area contributed by atoms with Crippen molar-refractivity contribution >= 4 is 22.5 Å². The van der Waals surface area contributed by atoms with Gasteiger partial charge in [-0.2, -0.15) is 0 Å². The van der Waals surface area contributed by atoms with Gasteiger partial charge in [-0.05, 0) is 24.7 Å². The summed E-state index contributed by atoms with van der Waals surface area (Å²) in [5.41, 5.74) is 8.12. The average molecular weight is 272 g/mol. The van der Waals surface area contributed by atoms with Gasteiger partial charge in [0, 0.05) is 49.0 Å². The van der Waals surface area contributed by atoms with Crippen molar-refractivity contribution in [2.75, 3.05) is 38.5 Å². The Bertz CT molecular complexity index is 626. The second-order valence-corrected chi connectivity index (χ2v) is 5.23. The van der Waals surface area contributed by atoms with Crippen LogP contribution in [0.15, 0.2) is 24.4 Å². The monoisotopic (exact) mass is 272 g/mol. The molecule has 2 heterocycles. The fourth-order valence-electron chi connectivity index (χ4n) is 2.76. The van der Waals surface area contributed by atoms with E-state index in [0.29, 0.717) is 5.69 Å². The predicted octanol–water partition coefficient (Wildman–Crippen LogP) is 1.53. The van der Waals surface area contributed by atoms with Crippen LogP contribution >= 0.6 is 0 Å². The summed E-state index contributed by atoms with van der Waals surface area (Å²) in [6.07, 6.45) is 1.79. The van der Waals surface area contributed by atoms with Gasteiger partial charge in [0.15, 0.2) is 0 Å². The molecule has 3 rings (SSSR count). The Morgan fingerprint density at radius 1 is 1.30 bits per heavy atom. The van der Waals surface area contributed by atoms with E-state index in [-0.39, 0.29) is 5.91 Å². The molecule has 3 N–H and O–H groups in total. The molecule has 0 radical (unpaired) electrons. The topological polar surface area (TPSA) is 65.4 Å². The molecule has 1 aromatic carbocycles. The Morgan fingerprint density at radius 2 is 2.05 bits per heavy atom. The number of amides is 1. The number of nitrogens with one attached hydrogen (secondary N) is 1. The van der Waals surface area contributed by atoms with Crippen LogP contribution in [0.4, 0.5) is 5.69 Å². The number of anilines is 1. The first-order chi connectivity index (χ1) is 9.69. The third kappa shape index (κ3) is 2.25. The number of H-pyrrole nitrogens is 1. The Labute approximate surface area is 118 Å². The number of carbonyl (C=O) groups excluding carboxylic acids is 1. The summed E-state index contributed by atoms with van der Waals surface area (Å²) in [6, 6.07) is 5.61. The lowest BCUT2D eigenvalue weighted by Gasteiger charge is -2.34. The summed E-state index contributed by atoms with van der Waals surface area (Å²) in [4.78, 5) is 20.0. The molecular weight excluding hydrogens is 252 g/mol. The summed E-state index contributed by atoms with van der Waals surface area (Å²) in [5.74, 6) is 0.108. The fraction of sp³-hybridized carbons (Fsp3) is 0.400. The smallest absolute Gasteiger partial charge is 0.256 e. The fourth-order valence-corrected chi connectivity index (χ4v) is 2.76. The van der Waals surface area contributed by atoms with Gasteiger partial charge >= 0.3 is 0 Å². The second kappa shape index (κ2) is 5.17. The lowest BCUT2D eigenvalue weighted by atomic mass is 10.1. The van der Waals surface area contributed by atoms with E-state index in [9.17, 15) is 4.79 Å². The van der Waals surface area contributed by atoms with E-state index in [1.807, 2.05) is 23.1 Å². The third-order valence-electron chi connectivity index (χ3n) is 4.04. The van der Waals surface area contributed by atoms with Gasteiger partial charge in [0.05, 0.1) is 5.56 Å². The minimum atomic E-state index is 0.108. The van der Waals surface area contributed by atoms with Crippen LogP contribution in [0.25, 0.3) is 10.9 Å². The number of aromatic nitrogens is 1. The van der Waals surface area contributed by atoms with E-state index in [1.54, 1.807) is 6.20 Å². The van der Waals surface area contributed by atoms with Crippen LogP contribution in [-0.4, -0.2) is 53.4 Å². The van der Waals surface area contributed by atoms with Crippen molar-refractivity contribution in [3.63, 3.8) is 0 Å². The number of nitrogens with two attached hydrogens (primary N) is 1. The Morgan fingerprint density at radius 3 is 2.75 bits per heavy atom. The number of likely N-dealkylation sites (N-methyl/N-ethyl adjacent to an activating group) is 1. The molecule has 1 aromatic heterocycles. The van der Waals surface area contributed by atoms with Crippen molar-refractivity contribution in [2.45, 2.75) is 6.92 Å². The highest BCUT2D eigenvalue weighted by Gasteiger charge is 2.23. The number of hydrogen-bond donors (Lipinski definition) is 2. The van der Waals surface area contributed by atoms with Crippen LogP contribution in [0.2, 0.25) is 0 Å². The zero-order chi connectivity index (χ0) is 14.1. The number of nitrogens with zero attached hydrogens (tertiary/aromatic N) is 2. The van der Waals surface area contributed by atoms with Crippen molar-refractivity contribution in [1.29, 1.82) is 0 Å². The standard InChI is InChI=1S/C15H20N4O/c1-2-18-5-7-19(8-6-18)15(20)13-10-17-14-9-11(16)3-4-12(13)14/h3-4,9-10,17H,2,5-8,16H2,1H3. The van der Waals surface area contributed by atoms with Gasteiger partial charge in [-0.15, -0.1) is 0 Å². The molecule has 1 amide bonds. The number of rotatable bonds is 2. The molecule has 106 valence electrons. The normalized spacial score (nSPS) is 16.8. The largest absolute Gasteiger partial charge is 0.399 e. The Balaban J connectivity index is 1.82. The molecule has 20 heavy (non-hydrogen) atoms. The van der Waals surface area contributed by atoms with Gasteiger partial charge in [-0.1, -0.05) is 6.92 Å². The molecule has 1 aliphatic rings. The van der Waals surface area contributed by atoms with Gasteiger partial charge in [-0.3, -0.25) is 4.79 Å². The van der Waals surface area contributed by atoms with Crippen LogP contribution in [-0.2, 0) is 0 Å². The average Bonchev–Trinajstić information content (AvgIpc) is 2.89. The first kappa shape index (κ1) is 13.0. The molecule has 0 atom stereocenters. The summed E-state index contributed by atoms with van der Waals surface area (Å²) >= 11 is 0. The molecule has 1 saturated heterocycles. The maximum absolute atomic E-state index is 12.6. The molecule has 0 aliphatic carbocycles. The summed E-state index contributed by atoms with van der Waals surface area (Å²) in [7, 11) is 0. The zero-order valence-corrected chi connectivity index (χ0v) is 11.7. The van der Waals surface area contributed by atoms with E-state index in [1.165, 1.54) is 0 Å². The van der Waals surface area contributed by atoms with Crippen LogP contribution in [0.1, 0.15) is 17.3 Å². The Hall–Kier alpha value is -2.01. The molecule has 0 saturated carbocycles. The maximum atomic E-state index is 12.6. The summed E-state index contributed by atoms with van der Waals surface area (Å²) in [6.45, 7) is 6.72. The van der Waals surface area contributed by atoms with E-state index in [0.717, 1.165) is 49.2 Å². The molecule has 5 nitrogen and oxygen atoms in total. The number of hydrogen-bond acceptors (Lipinski definition) is 3. The number of carbonyl (C=O) groups is 1. The molecular formula is C15H20N4O. The zero-order valence-electron chi connectivity index (χ0n) is 11.7. The quantitative estimate of drug-likeness (QED) is 0.815. The molecule has 1 fully saturated rings.